The number of carboxylic acids is 1. The third-order valence-corrected chi connectivity index (χ3v) is 2.98. The summed E-state index contributed by atoms with van der Waals surface area (Å²) in [4.78, 5) is 13.2. The highest BCUT2D eigenvalue weighted by Gasteiger charge is 2.11. The molecule has 1 rings (SSSR count). The number of nitrogen functional groups attached to an aromatic ring is 1. The smallest absolute Gasteiger partial charge is 0.337 e. The Labute approximate surface area is 108 Å². The predicted octanol–water partition coefficient (Wildman–Crippen LogP) is 1.64. The van der Waals surface area contributed by atoms with E-state index >= 15 is 0 Å². The molecule has 0 aliphatic rings. The van der Waals surface area contributed by atoms with E-state index in [0.29, 0.717) is 5.69 Å². The molecule has 1 aromatic rings. The molecule has 0 aromatic heterocycles. The Balaban J connectivity index is 2.75. The largest absolute Gasteiger partial charge is 0.478 e. The van der Waals surface area contributed by atoms with Crippen LogP contribution in [-0.2, 0) is 0 Å². The molecular formula is C13H21N3O2. The molecule has 0 amide bonds. The van der Waals surface area contributed by atoms with Crippen LogP contribution in [0.1, 0.15) is 22.8 Å². The van der Waals surface area contributed by atoms with Gasteiger partial charge in [-0.05, 0) is 38.2 Å². The number of carbonyl (C=O) groups is 1. The van der Waals surface area contributed by atoms with Crippen LogP contribution >= 0.6 is 0 Å². The molecule has 0 spiro atoms. The standard InChI is InChI=1S/C13H21N3O2/c1-4-16(3)6-5-15-10-7-9(2)12(14)11(8-10)13(17)18/h7-8,15H,4-6,14H2,1-3H3,(H,17,18). The van der Waals surface area contributed by atoms with Crippen LogP contribution in [0.25, 0.3) is 0 Å². The molecule has 1 aromatic carbocycles. The number of hydrogen-bond donors (Lipinski definition) is 3. The van der Waals surface area contributed by atoms with Crippen molar-refractivity contribution in [3.8, 4) is 0 Å². The van der Waals surface area contributed by atoms with Crippen molar-refractivity contribution in [3.63, 3.8) is 0 Å². The maximum absolute atomic E-state index is 11.0. The molecular weight excluding hydrogens is 230 g/mol. The molecule has 0 bridgehead atoms. The summed E-state index contributed by atoms with van der Waals surface area (Å²) in [6.45, 7) is 6.57. The van der Waals surface area contributed by atoms with Gasteiger partial charge in [-0.25, -0.2) is 4.79 Å². The van der Waals surface area contributed by atoms with Gasteiger partial charge in [0.15, 0.2) is 0 Å². The maximum atomic E-state index is 11.0. The van der Waals surface area contributed by atoms with Crippen LogP contribution in [0.2, 0.25) is 0 Å². The Morgan fingerprint density at radius 3 is 2.72 bits per heavy atom. The zero-order chi connectivity index (χ0) is 13.7. The highest BCUT2D eigenvalue weighted by molar-refractivity contribution is 5.95. The summed E-state index contributed by atoms with van der Waals surface area (Å²) < 4.78 is 0. The molecule has 0 unspecified atom stereocenters. The summed E-state index contributed by atoms with van der Waals surface area (Å²) in [5.41, 5.74) is 7.79. The number of rotatable bonds is 6. The number of hydrogen-bond acceptors (Lipinski definition) is 4. The van der Waals surface area contributed by atoms with Gasteiger partial charge in [0.2, 0.25) is 0 Å². The summed E-state index contributed by atoms with van der Waals surface area (Å²) in [5, 5.41) is 12.3. The molecule has 0 radical (unpaired) electrons. The van der Waals surface area contributed by atoms with E-state index in [1.807, 2.05) is 20.0 Å². The lowest BCUT2D eigenvalue weighted by Crippen LogP contribution is -2.24. The summed E-state index contributed by atoms with van der Waals surface area (Å²) in [6, 6.07) is 3.45. The first-order valence-corrected chi connectivity index (χ1v) is 6.01. The van der Waals surface area contributed by atoms with E-state index in [-0.39, 0.29) is 5.56 Å². The Bertz CT molecular complexity index is 432. The van der Waals surface area contributed by atoms with Gasteiger partial charge in [0.05, 0.1) is 5.56 Å². The SMILES string of the molecule is CCN(C)CCNc1cc(C)c(N)c(C(=O)O)c1. The molecule has 0 aliphatic heterocycles. The first kappa shape index (κ1) is 14.3. The van der Waals surface area contributed by atoms with E-state index < -0.39 is 5.97 Å². The number of carboxylic acid groups (broad SMARTS) is 1. The van der Waals surface area contributed by atoms with Crippen molar-refractivity contribution in [3.05, 3.63) is 23.3 Å². The number of nitrogens with one attached hydrogen (secondary N) is 1. The molecule has 0 saturated heterocycles. The lowest BCUT2D eigenvalue weighted by atomic mass is 10.1. The van der Waals surface area contributed by atoms with Gasteiger partial charge in [0, 0.05) is 24.5 Å². The fourth-order valence-corrected chi connectivity index (χ4v) is 1.63. The zero-order valence-corrected chi connectivity index (χ0v) is 11.2. The highest BCUT2D eigenvalue weighted by atomic mass is 16.4. The third kappa shape index (κ3) is 3.63. The van der Waals surface area contributed by atoms with Crippen LogP contribution in [0.5, 0.6) is 0 Å². The second-order valence-electron chi connectivity index (χ2n) is 4.38. The molecule has 18 heavy (non-hydrogen) atoms. The van der Waals surface area contributed by atoms with Crippen LogP contribution in [-0.4, -0.2) is 42.7 Å². The first-order valence-electron chi connectivity index (χ1n) is 6.01. The van der Waals surface area contributed by atoms with Gasteiger partial charge in [0.1, 0.15) is 0 Å². The van der Waals surface area contributed by atoms with E-state index in [0.717, 1.165) is 30.9 Å². The molecule has 0 atom stereocenters. The van der Waals surface area contributed by atoms with E-state index in [9.17, 15) is 4.79 Å². The third-order valence-electron chi connectivity index (χ3n) is 2.98. The van der Waals surface area contributed by atoms with Crippen molar-refractivity contribution >= 4 is 17.3 Å². The van der Waals surface area contributed by atoms with E-state index in [1.54, 1.807) is 6.07 Å². The number of aryl methyl sites for hydroxylation is 1. The Morgan fingerprint density at radius 1 is 1.50 bits per heavy atom. The van der Waals surface area contributed by atoms with Gasteiger partial charge in [-0.15, -0.1) is 0 Å². The first-order chi connectivity index (χ1) is 8.45. The van der Waals surface area contributed by atoms with Gasteiger partial charge in [0.25, 0.3) is 0 Å². The number of likely N-dealkylation sites (N-methyl/N-ethyl adjacent to an activating group) is 1. The topological polar surface area (TPSA) is 78.6 Å². The highest BCUT2D eigenvalue weighted by Crippen LogP contribution is 2.22. The zero-order valence-electron chi connectivity index (χ0n) is 11.2. The second kappa shape index (κ2) is 6.26. The Morgan fingerprint density at radius 2 is 2.17 bits per heavy atom. The molecule has 0 fully saturated rings. The molecule has 100 valence electrons. The van der Waals surface area contributed by atoms with Crippen molar-refractivity contribution in [2.75, 3.05) is 37.7 Å². The average molecular weight is 251 g/mol. The number of anilines is 2. The van der Waals surface area contributed by atoms with Crippen LogP contribution in [0.15, 0.2) is 12.1 Å². The summed E-state index contributed by atoms with van der Waals surface area (Å²) in [7, 11) is 2.04. The monoisotopic (exact) mass is 251 g/mol. The Hall–Kier alpha value is -1.75. The molecule has 5 heteroatoms. The van der Waals surface area contributed by atoms with Gasteiger partial charge < -0.3 is 21.1 Å². The van der Waals surface area contributed by atoms with Crippen molar-refractivity contribution in [1.29, 1.82) is 0 Å². The van der Waals surface area contributed by atoms with Crippen LogP contribution < -0.4 is 11.1 Å². The van der Waals surface area contributed by atoms with Crippen LogP contribution in [0.3, 0.4) is 0 Å². The van der Waals surface area contributed by atoms with Gasteiger partial charge in [-0.3, -0.25) is 0 Å². The predicted molar refractivity (Wildman–Crippen MR) is 74.2 cm³/mol. The normalized spacial score (nSPS) is 10.7. The van der Waals surface area contributed by atoms with E-state index in [2.05, 4.69) is 17.1 Å². The molecule has 0 aliphatic carbocycles. The fourth-order valence-electron chi connectivity index (χ4n) is 1.63. The summed E-state index contributed by atoms with van der Waals surface area (Å²) in [5.74, 6) is -0.995. The van der Waals surface area contributed by atoms with Crippen molar-refractivity contribution in [2.24, 2.45) is 0 Å². The van der Waals surface area contributed by atoms with Crippen molar-refractivity contribution in [1.82, 2.24) is 4.90 Å². The molecule has 0 heterocycles. The molecule has 4 N–H and O–H groups in total. The average Bonchev–Trinajstić information content (AvgIpc) is 2.32. The van der Waals surface area contributed by atoms with E-state index in [4.69, 9.17) is 10.8 Å². The van der Waals surface area contributed by atoms with Crippen molar-refractivity contribution < 1.29 is 9.90 Å². The lowest BCUT2D eigenvalue weighted by Gasteiger charge is -2.16. The van der Waals surface area contributed by atoms with Gasteiger partial charge in [-0.2, -0.15) is 0 Å². The van der Waals surface area contributed by atoms with Gasteiger partial charge in [-0.1, -0.05) is 6.92 Å². The van der Waals surface area contributed by atoms with Gasteiger partial charge >= 0.3 is 5.97 Å². The van der Waals surface area contributed by atoms with Crippen molar-refractivity contribution in [2.45, 2.75) is 13.8 Å². The Kier molecular flexibility index (Phi) is 4.97. The lowest BCUT2D eigenvalue weighted by molar-refractivity contribution is 0.0698. The fraction of sp³-hybridized carbons (Fsp3) is 0.462. The molecule has 0 saturated carbocycles. The van der Waals surface area contributed by atoms with Crippen LogP contribution in [0, 0.1) is 6.92 Å². The number of nitrogens with two attached hydrogens (primary N) is 1. The summed E-state index contributed by atoms with van der Waals surface area (Å²) >= 11 is 0. The quantitative estimate of drug-likeness (QED) is 0.670. The van der Waals surface area contributed by atoms with Crippen LogP contribution in [0.4, 0.5) is 11.4 Å². The minimum absolute atomic E-state index is 0.154. The number of aromatic carboxylic acids is 1. The number of nitrogens with zero attached hydrogens (tertiary/aromatic N) is 1. The maximum Gasteiger partial charge on any atom is 0.337 e. The molecule has 5 nitrogen and oxygen atoms in total. The minimum atomic E-state index is -0.995. The summed E-state index contributed by atoms with van der Waals surface area (Å²) in [6.07, 6.45) is 0. The second-order valence-corrected chi connectivity index (χ2v) is 4.38. The van der Waals surface area contributed by atoms with E-state index in [1.165, 1.54) is 0 Å². The minimum Gasteiger partial charge on any atom is -0.478 e. The number of benzene rings is 1.